The van der Waals surface area contributed by atoms with Crippen molar-refractivity contribution in [2.75, 3.05) is 26.1 Å². The van der Waals surface area contributed by atoms with Gasteiger partial charge in [0.05, 0.1) is 20.3 Å². The lowest BCUT2D eigenvalue weighted by atomic mass is 9.88. The van der Waals surface area contributed by atoms with E-state index in [1.807, 2.05) is 30.3 Å². The summed E-state index contributed by atoms with van der Waals surface area (Å²) in [6, 6.07) is 17.2. The second kappa shape index (κ2) is 10.5. The Balaban J connectivity index is 1.62. The van der Waals surface area contributed by atoms with Gasteiger partial charge in [-0.2, -0.15) is 0 Å². The van der Waals surface area contributed by atoms with Crippen LogP contribution < -0.4 is 20.1 Å². The summed E-state index contributed by atoms with van der Waals surface area (Å²) in [5.41, 5.74) is 3.26. The molecule has 0 bridgehead atoms. The molecular formula is C27H28FN3O4. The molecule has 4 rings (SSSR count). The van der Waals surface area contributed by atoms with Crippen LogP contribution in [0.25, 0.3) is 0 Å². The number of hydrogen-bond donors (Lipinski definition) is 2. The lowest BCUT2D eigenvalue weighted by molar-refractivity contribution is -0.117. The number of fused-ring (bicyclic) bond motifs is 1. The van der Waals surface area contributed by atoms with E-state index in [1.165, 1.54) is 12.1 Å². The highest BCUT2D eigenvalue weighted by molar-refractivity contribution is 5.96. The quantitative estimate of drug-likeness (QED) is 0.547. The third kappa shape index (κ3) is 5.21. The number of para-hydroxylation sites is 1. The second-order valence-corrected chi connectivity index (χ2v) is 8.33. The molecule has 0 radical (unpaired) electrons. The van der Waals surface area contributed by atoms with Gasteiger partial charge in [0, 0.05) is 12.2 Å². The Hall–Kier alpha value is -4.07. The largest absolute Gasteiger partial charge is 0.493 e. The summed E-state index contributed by atoms with van der Waals surface area (Å²) in [4.78, 5) is 27.7. The van der Waals surface area contributed by atoms with E-state index in [9.17, 15) is 14.0 Å². The maximum absolute atomic E-state index is 13.7. The van der Waals surface area contributed by atoms with Crippen molar-refractivity contribution in [1.82, 2.24) is 10.2 Å². The molecular weight excluding hydrogens is 449 g/mol. The summed E-state index contributed by atoms with van der Waals surface area (Å²) in [7, 11) is 3.13. The van der Waals surface area contributed by atoms with Gasteiger partial charge in [0.15, 0.2) is 11.5 Å². The number of anilines is 1. The molecule has 2 atom stereocenters. The van der Waals surface area contributed by atoms with Gasteiger partial charge in [0.2, 0.25) is 5.91 Å². The lowest BCUT2D eigenvalue weighted by Gasteiger charge is -2.38. The maximum atomic E-state index is 13.7. The van der Waals surface area contributed by atoms with Crippen molar-refractivity contribution < 1.29 is 23.5 Å². The zero-order chi connectivity index (χ0) is 24.9. The molecule has 1 aliphatic rings. The molecule has 35 heavy (non-hydrogen) atoms. The molecule has 0 saturated heterocycles. The normalized spacial score (nSPS) is 15.5. The number of ether oxygens (including phenoxy) is 2. The van der Waals surface area contributed by atoms with Gasteiger partial charge >= 0.3 is 6.03 Å². The molecule has 0 aliphatic carbocycles. The summed E-state index contributed by atoms with van der Waals surface area (Å²) in [5, 5.41) is 5.61. The Morgan fingerprint density at radius 2 is 1.66 bits per heavy atom. The first-order chi connectivity index (χ1) is 16.9. The van der Waals surface area contributed by atoms with Gasteiger partial charge in [-0.3, -0.25) is 4.79 Å². The fourth-order valence-corrected chi connectivity index (χ4v) is 4.27. The zero-order valence-electron chi connectivity index (χ0n) is 19.9. The number of carbonyl (C=O) groups is 2. The van der Waals surface area contributed by atoms with E-state index in [0.717, 1.165) is 16.7 Å². The van der Waals surface area contributed by atoms with Crippen LogP contribution in [0.3, 0.4) is 0 Å². The minimum atomic E-state index is -0.775. The van der Waals surface area contributed by atoms with Crippen LogP contribution in [0, 0.1) is 5.82 Å². The summed E-state index contributed by atoms with van der Waals surface area (Å²) in [6.45, 7) is 2.04. The summed E-state index contributed by atoms with van der Waals surface area (Å²) in [6.07, 6.45) is 0.589. The summed E-state index contributed by atoms with van der Waals surface area (Å²) < 4.78 is 24.6. The molecule has 2 N–H and O–H groups in total. The van der Waals surface area contributed by atoms with E-state index < -0.39 is 18.1 Å². The van der Waals surface area contributed by atoms with E-state index >= 15 is 0 Å². The Morgan fingerprint density at radius 3 is 2.31 bits per heavy atom. The van der Waals surface area contributed by atoms with Crippen LogP contribution in [0.15, 0.2) is 66.7 Å². The molecule has 8 heteroatoms. The first-order valence-corrected chi connectivity index (χ1v) is 11.3. The lowest BCUT2D eigenvalue weighted by Crippen LogP contribution is -2.51. The smallest absolute Gasteiger partial charge is 0.318 e. The molecule has 1 unspecified atom stereocenters. The van der Waals surface area contributed by atoms with Gasteiger partial charge < -0.3 is 25.0 Å². The monoisotopic (exact) mass is 477 g/mol. The number of amides is 3. The number of halogens is 1. The molecule has 1 heterocycles. The van der Waals surface area contributed by atoms with Crippen molar-refractivity contribution in [3.63, 3.8) is 0 Å². The third-order valence-electron chi connectivity index (χ3n) is 6.09. The molecule has 3 amide bonds. The van der Waals surface area contributed by atoms with Crippen molar-refractivity contribution in [2.24, 2.45) is 0 Å². The number of rotatable bonds is 6. The fourth-order valence-electron chi connectivity index (χ4n) is 4.27. The molecule has 0 aromatic heterocycles. The zero-order valence-corrected chi connectivity index (χ0v) is 19.9. The highest BCUT2D eigenvalue weighted by Gasteiger charge is 2.34. The standard InChI is InChI=1S/C27H28FN3O4/c1-17(26(32)30-21-7-5-4-6-8-21)29-27(33)31-14-13-19-15-23(34-2)24(35-3)16-22(19)25(31)18-9-11-20(28)12-10-18/h4-12,15-17,25H,13-14H2,1-3H3,(H,29,33)(H,30,32)/t17-,25?/m0/s1. The third-order valence-corrected chi connectivity index (χ3v) is 6.09. The van der Waals surface area contributed by atoms with Crippen molar-refractivity contribution >= 4 is 17.6 Å². The molecule has 0 saturated carbocycles. The van der Waals surface area contributed by atoms with Crippen LogP contribution in [0.4, 0.5) is 14.9 Å². The van der Waals surface area contributed by atoms with Crippen molar-refractivity contribution in [3.8, 4) is 11.5 Å². The topological polar surface area (TPSA) is 79.9 Å². The van der Waals surface area contributed by atoms with Crippen molar-refractivity contribution in [3.05, 3.63) is 89.2 Å². The maximum Gasteiger partial charge on any atom is 0.318 e. The minimum Gasteiger partial charge on any atom is -0.493 e. The average molecular weight is 478 g/mol. The van der Waals surface area contributed by atoms with Gasteiger partial charge in [0.1, 0.15) is 11.9 Å². The van der Waals surface area contributed by atoms with Gasteiger partial charge in [-0.1, -0.05) is 30.3 Å². The molecule has 1 aliphatic heterocycles. The SMILES string of the molecule is COc1cc2c(cc1OC)C(c1ccc(F)cc1)N(C(=O)N[C@@H](C)C(=O)Nc1ccccc1)CC2. The number of benzene rings is 3. The Labute approximate surface area is 203 Å². The van der Waals surface area contributed by atoms with E-state index in [1.54, 1.807) is 50.3 Å². The van der Waals surface area contributed by atoms with Crippen molar-refractivity contribution in [2.45, 2.75) is 25.4 Å². The van der Waals surface area contributed by atoms with Crippen LogP contribution in [-0.4, -0.2) is 43.6 Å². The van der Waals surface area contributed by atoms with Crippen molar-refractivity contribution in [1.29, 1.82) is 0 Å². The molecule has 182 valence electrons. The van der Waals surface area contributed by atoms with E-state index in [0.29, 0.717) is 30.2 Å². The van der Waals surface area contributed by atoms with Crippen LogP contribution >= 0.6 is 0 Å². The number of carbonyl (C=O) groups excluding carboxylic acids is 2. The Bertz CT molecular complexity index is 1200. The highest BCUT2D eigenvalue weighted by atomic mass is 19.1. The summed E-state index contributed by atoms with van der Waals surface area (Å²) in [5.74, 6) is 0.454. The van der Waals surface area contributed by atoms with Gasteiger partial charge in [-0.05, 0) is 66.4 Å². The van der Waals surface area contributed by atoms with Crippen LogP contribution in [0.2, 0.25) is 0 Å². The predicted octanol–water partition coefficient (Wildman–Crippen LogP) is 4.53. The molecule has 0 spiro atoms. The molecule has 7 nitrogen and oxygen atoms in total. The number of nitrogens with one attached hydrogen (secondary N) is 2. The molecule has 3 aromatic rings. The predicted molar refractivity (Wildman–Crippen MR) is 131 cm³/mol. The number of hydrogen-bond acceptors (Lipinski definition) is 4. The number of nitrogens with zero attached hydrogens (tertiary/aromatic N) is 1. The first-order valence-electron chi connectivity index (χ1n) is 11.3. The number of urea groups is 1. The second-order valence-electron chi connectivity index (χ2n) is 8.33. The molecule has 3 aromatic carbocycles. The van der Waals surface area contributed by atoms with E-state index in [-0.39, 0.29) is 11.7 Å². The van der Waals surface area contributed by atoms with Gasteiger partial charge in [0.25, 0.3) is 0 Å². The van der Waals surface area contributed by atoms with E-state index in [4.69, 9.17) is 9.47 Å². The van der Waals surface area contributed by atoms with Gasteiger partial charge in [-0.15, -0.1) is 0 Å². The molecule has 0 fully saturated rings. The van der Waals surface area contributed by atoms with E-state index in [2.05, 4.69) is 10.6 Å². The minimum absolute atomic E-state index is 0.327. The van der Waals surface area contributed by atoms with Gasteiger partial charge in [-0.25, -0.2) is 9.18 Å². The van der Waals surface area contributed by atoms with Crippen LogP contribution in [0.1, 0.15) is 29.7 Å². The highest BCUT2D eigenvalue weighted by Crippen LogP contribution is 2.41. The average Bonchev–Trinajstić information content (AvgIpc) is 2.88. The van der Waals surface area contributed by atoms with Crippen LogP contribution in [0.5, 0.6) is 11.5 Å². The Kier molecular flexibility index (Phi) is 7.19. The fraction of sp³-hybridized carbons (Fsp3) is 0.259. The first kappa shape index (κ1) is 24.1. The van der Waals surface area contributed by atoms with Crippen LogP contribution in [-0.2, 0) is 11.2 Å². The number of methoxy groups -OCH3 is 2. The Morgan fingerprint density at radius 1 is 1.00 bits per heavy atom. The summed E-state index contributed by atoms with van der Waals surface area (Å²) >= 11 is 0.